The van der Waals surface area contributed by atoms with Crippen molar-refractivity contribution in [3.63, 3.8) is 0 Å². The Morgan fingerprint density at radius 3 is 2.86 bits per heavy atom. The molecular formula is C15H15Cl2N3O. The van der Waals surface area contributed by atoms with Crippen LogP contribution in [0.3, 0.4) is 0 Å². The first-order valence-electron chi connectivity index (χ1n) is 6.72. The molecule has 0 amide bonds. The Morgan fingerprint density at radius 1 is 1.24 bits per heavy atom. The molecule has 0 spiro atoms. The highest BCUT2D eigenvalue weighted by Gasteiger charge is 2.18. The van der Waals surface area contributed by atoms with Crippen LogP contribution in [0.2, 0.25) is 10.2 Å². The van der Waals surface area contributed by atoms with Gasteiger partial charge in [0.05, 0.1) is 23.1 Å². The van der Waals surface area contributed by atoms with Crippen LogP contribution >= 0.6 is 23.2 Å². The molecule has 1 aromatic heterocycles. The number of nitrogens with zero attached hydrogens (tertiary/aromatic N) is 3. The Hall–Kier alpha value is -1.36. The molecule has 2 aromatic rings. The van der Waals surface area contributed by atoms with Gasteiger partial charge in [-0.1, -0.05) is 29.3 Å². The first-order valence-corrected chi connectivity index (χ1v) is 7.48. The van der Waals surface area contributed by atoms with E-state index in [0.29, 0.717) is 23.3 Å². The zero-order valence-corrected chi connectivity index (χ0v) is 13.2. The van der Waals surface area contributed by atoms with E-state index in [1.165, 1.54) is 0 Å². The van der Waals surface area contributed by atoms with Crippen LogP contribution < -0.4 is 4.74 Å². The lowest BCUT2D eigenvalue weighted by atomic mass is 10.1. The second-order valence-electron chi connectivity index (χ2n) is 5.12. The Kier molecular flexibility index (Phi) is 4.29. The van der Waals surface area contributed by atoms with Crippen LogP contribution in [0, 0.1) is 6.92 Å². The van der Waals surface area contributed by atoms with Gasteiger partial charge >= 0.3 is 0 Å². The van der Waals surface area contributed by atoms with Gasteiger partial charge in [-0.05, 0) is 18.6 Å². The maximum atomic E-state index is 6.26. The number of ether oxygens (including phenoxy) is 1. The van der Waals surface area contributed by atoms with Crippen LogP contribution in [0.5, 0.6) is 5.75 Å². The van der Waals surface area contributed by atoms with E-state index in [-0.39, 0.29) is 0 Å². The molecule has 0 bridgehead atoms. The van der Waals surface area contributed by atoms with Gasteiger partial charge in [-0.15, -0.1) is 0 Å². The van der Waals surface area contributed by atoms with Gasteiger partial charge < -0.3 is 4.74 Å². The van der Waals surface area contributed by atoms with Crippen molar-refractivity contribution in [3.05, 3.63) is 51.5 Å². The van der Waals surface area contributed by atoms with E-state index in [4.69, 9.17) is 27.9 Å². The average Bonchev–Trinajstić information content (AvgIpc) is 2.63. The molecule has 1 aliphatic rings. The van der Waals surface area contributed by atoms with Gasteiger partial charge in [0.2, 0.25) is 0 Å². The number of fused-ring (bicyclic) bond motifs is 1. The number of hydrogen-bond acceptors (Lipinski definition) is 4. The summed E-state index contributed by atoms with van der Waals surface area (Å²) in [6.07, 6.45) is 3.28. The van der Waals surface area contributed by atoms with Gasteiger partial charge in [0.15, 0.2) is 0 Å². The Labute approximate surface area is 133 Å². The SMILES string of the molecule is Cc1cc(Cl)c2c(c1)CN(Cc1cnc(Cl)cn1)CCO2. The van der Waals surface area contributed by atoms with Gasteiger partial charge in [-0.3, -0.25) is 9.88 Å². The fourth-order valence-electron chi connectivity index (χ4n) is 2.46. The molecule has 0 fully saturated rings. The van der Waals surface area contributed by atoms with E-state index in [0.717, 1.165) is 35.7 Å². The molecule has 110 valence electrons. The average molecular weight is 324 g/mol. The van der Waals surface area contributed by atoms with Crippen molar-refractivity contribution in [1.82, 2.24) is 14.9 Å². The molecule has 21 heavy (non-hydrogen) atoms. The third-order valence-electron chi connectivity index (χ3n) is 3.37. The van der Waals surface area contributed by atoms with Crippen LogP contribution in [0.4, 0.5) is 0 Å². The summed E-state index contributed by atoms with van der Waals surface area (Å²) < 4.78 is 5.79. The van der Waals surface area contributed by atoms with Gasteiger partial charge in [0, 0.05) is 25.2 Å². The van der Waals surface area contributed by atoms with Crippen molar-refractivity contribution >= 4 is 23.2 Å². The number of rotatable bonds is 2. The van der Waals surface area contributed by atoms with Crippen molar-refractivity contribution in [2.45, 2.75) is 20.0 Å². The third-order valence-corrected chi connectivity index (χ3v) is 3.85. The zero-order chi connectivity index (χ0) is 14.8. The summed E-state index contributed by atoms with van der Waals surface area (Å²) in [7, 11) is 0. The van der Waals surface area contributed by atoms with Gasteiger partial charge in [0.1, 0.15) is 17.5 Å². The molecule has 0 saturated heterocycles. The van der Waals surface area contributed by atoms with Crippen LogP contribution in [0.25, 0.3) is 0 Å². The Bertz CT molecular complexity index is 646. The van der Waals surface area contributed by atoms with E-state index < -0.39 is 0 Å². The molecule has 4 nitrogen and oxygen atoms in total. The first kappa shape index (κ1) is 14.6. The number of benzene rings is 1. The summed E-state index contributed by atoms with van der Waals surface area (Å²) in [5.74, 6) is 0.798. The molecule has 0 saturated carbocycles. The van der Waals surface area contributed by atoms with Gasteiger partial charge in [-0.25, -0.2) is 4.98 Å². The molecule has 0 aliphatic carbocycles. The lowest BCUT2D eigenvalue weighted by molar-refractivity contribution is 0.217. The maximum absolute atomic E-state index is 6.26. The van der Waals surface area contributed by atoms with Crippen LogP contribution in [-0.4, -0.2) is 28.0 Å². The largest absolute Gasteiger partial charge is 0.490 e. The summed E-state index contributed by atoms with van der Waals surface area (Å²) in [4.78, 5) is 10.6. The lowest BCUT2D eigenvalue weighted by Gasteiger charge is -2.18. The number of aromatic nitrogens is 2. The molecule has 0 atom stereocenters. The summed E-state index contributed by atoms with van der Waals surface area (Å²) in [6.45, 7) is 4.94. The zero-order valence-electron chi connectivity index (χ0n) is 11.6. The standard InChI is InChI=1S/C15H15Cl2N3O/c1-10-4-11-8-20(2-3-21-15(11)13(16)5-10)9-12-6-19-14(17)7-18-12/h4-7H,2-3,8-9H2,1H3. The summed E-state index contributed by atoms with van der Waals surface area (Å²) in [6, 6.07) is 4.05. The van der Waals surface area contributed by atoms with Crippen LogP contribution in [0.15, 0.2) is 24.5 Å². The highest BCUT2D eigenvalue weighted by Crippen LogP contribution is 2.33. The molecule has 0 radical (unpaired) electrons. The Balaban J connectivity index is 1.80. The van der Waals surface area contributed by atoms with E-state index in [1.807, 2.05) is 13.0 Å². The van der Waals surface area contributed by atoms with Crippen molar-refractivity contribution < 1.29 is 4.74 Å². The predicted octanol–water partition coefficient (Wildman–Crippen LogP) is 3.49. The minimum atomic E-state index is 0.408. The molecule has 0 N–H and O–H groups in total. The monoisotopic (exact) mass is 323 g/mol. The first-order chi connectivity index (χ1) is 10.1. The van der Waals surface area contributed by atoms with Crippen LogP contribution in [-0.2, 0) is 13.1 Å². The molecule has 1 aromatic carbocycles. The van der Waals surface area contributed by atoms with E-state index in [2.05, 4.69) is 20.9 Å². The van der Waals surface area contributed by atoms with E-state index in [9.17, 15) is 0 Å². The third kappa shape index (κ3) is 3.46. The number of hydrogen-bond donors (Lipinski definition) is 0. The highest BCUT2D eigenvalue weighted by molar-refractivity contribution is 6.32. The fraction of sp³-hybridized carbons (Fsp3) is 0.333. The topological polar surface area (TPSA) is 38.2 Å². The fourth-order valence-corrected chi connectivity index (χ4v) is 2.91. The van der Waals surface area contributed by atoms with E-state index in [1.54, 1.807) is 12.4 Å². The highest BCUT2D eigenvalue weighted by atomic mass is 35.5. The predicted molar refractivity (Wildman–Crippen MR) is 82.8 cm³/mol. The molecule has 2 heterocycles. The van der Waals surface area contributed by atoms with Crippen molar-refractivity contribution in [2.75, 3.05) is 13.2 Å². The maximum Gasteiger partial charge on any atom is 0.147 e. The van der Waals surface area contributed by atoms with Crippen molar-refractivity contribution in [2.24, 2.45) is 0 Å². The lowest BCUT2D eigenvalue weighted by Crippen LogP contribution is -2.25. The van der Waals surface area contributed by atoms with Gasteiger partial charge in [0.25, 0.3) is 0 Å². The van der Waals surface area contributed by atoms with Crippen LogP contribution in [0.1, 0.15) is 16.8 Å². The summed E-state index contributed by atoms with van der Waals surface area (Å²) >= 11 is 12.0. The molecular weight excluding hydrogens is 309 g/mol. The molecule has 1 aliphatic heterocycles. The second kappa shape index (κ2) is 6.18. The minimum Gasteiger partial charge on any atom is -0.490 e. The van der Waals surface area contributed by atoms with Crippen molar-refractivity contribution in [1.29, 1.82) is 0 Å². The molecule has 0 unspecified atom stereocenters. The van der Waals surface area contributed by atoms with Crippen molar-refractivity contribution in [3.8, 4) is 5.75 Å². The molecule has 3 rings (SSSR count). The second-order valence-corrected chi connectivity index (χ2v) is 5.92. The quantitative estimate of drug-likeness (QED) is 0.848. The Morgan fingerprint density at radius 2 is 2.10 bits per heavy atom. The summed E-state index contributed by atoms with van der Waals surface area (Å²) in [5.41, 5.74) is 3.14. The summed E-state index contributed by atoms with van der Waals surface area (Å²) in [5, 5.41) is 1.09. The molecule has 6 heteroatoms. The normalized spacial score (nSPS) is 15.2. The van der Waals surface area contributed by atoms with Gasteiger partial charge in [-0.2, -0.15) is 0 Å². The number of halogens is 2. The number of aryl methyl sites for hydroxylation is 1. The van der Waals surface area contributed by atoms with E-state index >= 15 is 0 Å². The minimum absolute atomic E-state index is 0.408. The smallest absolute Gasteiger partial charge is 0.147 e.